The van der Waals surface area contributed by atoms with E-state index in [2.05, 4.69) is 15.2 Å². The van der Waals surface area contributed by atoms with Gasteiger partial charge in [0.25, 0.3) is 11.4 Å². The maximum absolute atomic E-state index is 11.3. The van der Waals surface area contributed by atoms with E-state index in [0.717, 1.165) is 43.4 Å². The topological polar surface area (TPSA) is 131 Å². The highest BCUT2D eigenvalue weighted by molar-refractivity contribution is 5.67. The van der Waals surface area contributed by atoms with Crippen molar-refractivity contribution in [2.24, 2.45) is 0 Å². The summed E-state index contributed by atoms with van der Waals surface area (Å²) in [4.78, 5) is 27.5. The van der Waals surface area contributed by atoms with E-state index in [0.29, 0.717) is 24.7 Å². The number of non-ortho nitro benzene ring substituents is 1. The van der Waals surface area contributed by atoms with E-state index in [1.54, 1.807) is 0 Å². The number of aromatic amines is 1. The number of H-pyrrole nitrogens is 1. The van der Waals surface area contributed by atoms with Gasteiger partial charge in [-0.2, -0.15) is 5.10 Å². The fourth-order valence-electron chi connectivity index (χ4n) is 3.43. The normalized spacial score (nSPS) is 18.1. The lowest BCUT2D eigenvalue weighted by Gasteiger charge is -2.32. The molecule has 0 unspecified atom stereocenters. The van der Waals surface area contributed by atoms with Crippen LogP contribution in [0.1, 0.15) is 49.2 Å². The molecule has 0 amide bonds. The highest BCUT2D eigenvalue weighted by Gasteiger charge is 2.31. The first kappa shape index (κ1) is 16.4. The molecule has 2 aromatic rings. The Balaban J connectivity index is 1.48. The van der Waals surface area contributed by atoms with Gasteiger partial charge >= 0.3 is 0 Å². The minimum atomic E-state index is -0.621. The lowest BCUT2D eigenvalue weighted by atomic mass is 9.95. The summed E-state index contributed by atoms with van der Waals surface area (Å²) in [6, 6.07) is 3.81. The molecule has 2 aliphatic rings. The molecule has 0 spiro atoms. The SMILES string of the molecule is O=[N+]([O-])c1ccc(N2CCC(c3nc(C4CC4)n[nH]3)CC2)c([N+](=O)[O-])c1. The van der Waals surface area contributed by atoms with Gasteiger partial charge in [0.05, 0.1) is 15.9 Å². The first-order valence-corrected chi connectivity index (χ1v) is 8.63. The fraction of sp³-hybridized carbons (Fsp3) is 0.500. The smallest absolute Gasteiger partial charge is 0.299 e. The highest BCUT2D eigenvalue weighted by Crippen LogP contribution is 2.39. The number of rotatable bonds is 5. The van der Waals surface area contributed by atoms with Crippen LogP contribution >= 0.6 is 0 Å². The van der Waals surface area contributed by atoms with E-state index >= 15 is 0 Å². The van der Waals surface area contributed by atoms with Crippen LogP contribution in [0.5, 0.6) is 0 Å². The number of hydrogen-bond acceptors (Lipinski definition) is 7. The Bertz CT molecular complexity index is 854. The molecular weight excluding hydrogens is 340 g/mol. The lowest BCUT2D eigenvalue weighted by Crippen LogP contribution is -2.33. The zero-order valence-electron chi connectivity index (χ0n) is 14.0. The molecule has 0 radical (unpaired) electrons. The summed E-state index contributed by atoms with van der Waals surface area (Å²) in [7, 11) is 0. The average Bonchev–Trinajstić information content (AvgIpc) is 3.38. The molecule has 0 bridgehead atoms. The Morgan fingerprint density at radius 2 is 1.77 bits per heavy atom. The third kappa shape index (κ3) is 3.09. The van der Waals surface area contributed by atoms with Crippen molar-refractivity contribution in [3.63, 3.8) is 0 Å². The number of nitro benzene ring substituents is 2. The molecule has 136 valence electrons. The van der Waals surface area contributed by atoms with Crippen LogP contribution < -0.4 is 4.90 Å². The van der Waals surface area contributed by atoms with Crippen molar-refractivity contribution in [3.8, 4) is 0 Å². The summed E-state index contributed by atoms with van der Waals surface area (Å²) in [5.74, 6) is 2.55. The summed E-state index contributed by atoms with van der Waals surface area (Å²) in [5.41, 5.74) is -0.0757. The Morgan fingerprint density at radius 1 is 1.04 bits per heavy atom. The van der Waals surface area contributed by atoms with Crippen LogP contribution in [-0.2, 0) is 0 Å². The van der Waals surface area contributed by atoms with Gasteiger partial charge in [-0.15, -0.1) is 0 Å². The minimum Gasteiger partial charge on any atom is -0.366 e. The summed E-state index contributed by atoms with van der Waals surface area (Å²) in [5, 5.41) is 29.5. The maximum Gasteiger partial charge on any atom is 0.299 e. The molecule has 10 nitrogen and oxygen atoms in total. The van der Waals surface area contributed by atoms with E-state index in [1.165, 1.54) is 12.1 Å². The van der Waals surface area contributed by atoms with Crippen LogP contribution in [0.3, 0.4) is 0 Å². The predicted octanol–water partition coefficient (Wildman–Crippen LogP) is 2.88. The molecule has 1 N–H and O–H groups in total. The molecule has 1 aliphatic heterocycles. The molecule has 10 heteroatoms. The van der Waals surface area contributed by atoms with Crippen LogP contribution in [0.4, 0.5) is 17.1 Å². The Kier molecular flexibility index (Phi) is 4.02. The third-order valence-corrected chi connectivity index (χ3v) is 5.05. The van der Waals surface area contributed by atoms with Crippen molar-refractivity contribution < 1.29 is 9.85 Å². The van der Waals surface area contributed by atoms with Gasteiger partial charge < -0.3 is 4.90 Å². The van der Waals surface area contributed by atoms with Crippen molar-refractivity contribution >= 4 is 17.1 Å². The number of nitrogens with zero attached hydrogens (tertiary/aromatic N) is 5. The summed E-state index contributed by atoms with van der Waals surface area (Å²) < 4.78 is 0. The van der Waals surface area contributed by atoms with Crippen molar-refractivity contribution in [1.29, 1.82) is 0 Å². The number of nitrogens with one attached hydrogen (secondary N) is 1. The number of nitro groups is 2. The molecular formula is C16H18N6O4. The van der Waals surface area contributed by atoms with Crippen LogP contribution in [0.2, 0.25) is 0 Å². The summed E-state index contributed by atoms with van der Waals surface area (Å²) in [6.45, 7) is 1.26. The van der Waals surface area contributed by atoms with Crippen molar-refractivity contribution in [1.82, 2.24) is 15.2 Å². The van der Waals surface area contributed by atoms with Crippen LogP contribution in [0, 0.1) is 20.2 Å². The maximum atomic E-state index is 11.3. The molecule has 1 aliphatic carbocycles. The molecule has 1 saturated heterocycles. The number of piperidine rings is 1. The molecule has 1 saturated carbocycles. The van der Waals surface area contributed by atoms with Gasteiger partial charge in [0.1, 0.15) is 11.5 Å². The van der Waals surface area contributed by atoms with Crippen molar-refractivity contribution in [2.45, 2.75) is 37.5 Å². The van der Waals surface area contributed by atoms with Gasteiger partial charge in [-0.1, -0.05) is 0 Å². The zero-order valence-corrected chi connectivity index (χ0v) is 14.0. The number of benzene rings is 1. The van der Waals surface area contributed by atoms with E-state index in [-0.39, 0.29) is 17.3 Å². The first-order valence-electron chi connectivity index (χ1n) is 8.63. The average molecular weight is 358 g/mol. The van der Waals surface area contributed by atoms with Gasteiger partial charge in [-0.3, -0.25) is 25.3 Å². The Hall–Kier alpha value is -3.04. The van der Waals surface area contributed by atoms with E-state index in [9.17, 15) is 20.2 Å². The number of aromatic nitrogens is 3. The zero-order chi connectivity index (χ0) is 18.3. The fourth-order valence-corrected chi connectivity index (χ4v) is 3.43. The molecule has 1 aromatic carbocycles. The first-order chi connectivity index (χ1) is 12.5. The monoisotopic (exact) mass is 358 g/mol. The second-order valence-electron chi connectivity index (χ2n) is 6.80. The number of hydrogen-bond donors (Lipinski definition) is 1. The van der Waals surface area contributed by atoms with Crippen molar-refractivity contribution in [2.75, 3.05) is 18.0 Å². The van der Waals surface area contributed by atoms with Crippen LogP contribution in [-0.4, -0.2) is 38.1 Å². The van der Waals surface area contributed by atoms with E-state index in [1.807, 2.05) is 4.90 Å². The second-order valence-corrected chi connectivity index (χ2v) is 6.80. The summed E-state index contributed by atoms with van der Waals surface area (Å²) in [6.07, 6.45) is 3.90. The van der Waals surface area contributed by atoms with Gasteiger partial charge in [-0.05, 0) is 31.7 Å². The second kappa shape index (κ2) is 6.36. The van der Waals surface area contributed by atoms with Crippen LogP contribution in [0.25, 0.3) is 0 Å². The molecule has 4 rings (SSSR count). The third-order valence-electron chi connectivity index (χ3n) is 5.05. The quantitative estimate of drug-likeness (QED) is 0.642. The Morgan fingerprint density at radius 3 is 2.38 bits per heavy atom. The van der Waals surface area contributed by atoms with E-state index in [4.69, 9.17) is 0 Å². The van der Waals surface area contributed by atoms with Gasteiger partial charge in [-0.25, -0.2) is 4.98 Å². The summed E-state index contributed by atoms with van der Waals surface area (Å²) >= 11 is 0. The largest absolute Gasteiger partial charge is 0.366 e. The number of anilines is 1. The van der Waals surface area contributed by atoms with Crippen LogP contribution in [0.15, 0.2) is 18.2 Å². The molecule has 2 fully saturated rings. The molecule has 1 aromatic heterocycles. The molecule has 26 heavy (non-hydrogen) atoms. The highest BCUT2D eigenvalue weighted by atomic mass is 16.6. The van der Waals surface area contributed by atoms with Gasteiger partial charge in [0.15, 0.2) is 5.82 Å². The van der Waals surface area contributed by atoms with E-state index < -0.39 is 9.85 Å². The molecule has 0 atom stereocenters. The Labute approximate surface area is 148 Å². The van der Waals surface area contributed by atoms with Gasteiger partial charge in [0, 0.05) is 31.0 Å². The molecule has 2 heterocycles. The standard InChI is InChI=1S/C16H18N6O4/c23-21(24)12-3-4-13(14(9-12)22(25)26)20-7-5-11(6-8-20)16-17-15(18-19-16)10-1-2-10/h3-4,9-11H,1-2,5-8H2,(H,17,18,19). The minimum absolute atomic E-state index is 0.228. The van der Waals surface area contributed by atoms with Crippen molar-refractivity contribution in [3.05, 3.63) is 50.1 Å². The predicted molar refractivity (Wildman–Crippen MR) is 92.3 cm³/mol. The van der Waals surface area contributed by atoms with Gasteiger partial charge in [0.2, 0.25) is 0 Å². The lowest BCUT2D eigenvalue weighted by molar-refractivity contribution is -0.393.